The van der Waals surface area contributed by atoms with Crippen molar-refractivity contribution in [3.8, 4) is 0 Å². The third-order valence-corrected chi connectivity index (χ3v) is 9.98. The Morgan fingerprint density at radius 3 is 1.58 bits per heavy atom. The maximum absolute atomic E-state index is 13.1. The lowest BCUT2D eigenvalue weighted by Crippen LogP contribution is -2.46. The van der Waals surface area contributed by atoms with E-state index in [0.29, 0.717) is 19.3 Å². The van der Waals surface area contributed by atoms with Crippen molar-refractivity contribution in [1.29, 1.82) is 0 Å². The maximum atomic E-state index is 13.1. The predicted octanol–water partition coefficient (Wildman–Crippen LogP) is 12.6. The van der Waals surface area contributed by atoms with Crippen LogP contribution in [0.15, 0.2) is 36.5 Å². The van der Waals surface area contributed by atoms with Crippen molar-refractivity contribution in [2.45, 2.75) is 238 Å². The van der Waals surface area contributed by atoms with E-state index in [1.54, 1.807) is 0 Å². The van der Waals surface area contributed by atoms with Crippen LogP contribution in [0.1, 0.15) is 220 Å². The second-order valence-electron chi connectivity index (χ2n) is 15.1. The number of esters is 1. The monoisotopic (exact) mass is 732 g/mol. The minimum atomic E-state index is -0.788. The summed E-state index contributed by atoms with van der Waals surface area (Å²) in [7, 11) is 0. The lowest BCUT2D eigenvalue weighted by atomic mass is 10.0. The van der Waals surface area contributed by atoms with Crippen LogP contribution in [-0.4, -0.2) is 46.9 Å². The van der Waals surface area contributed by atoms with Crippen LogP contribution in [0.25, 0.3) is 0 Å². The van der Waals surface area contributed by atoms with E-state index in [0.717, 1.165) is 89.9 Å². The first kappa shape index (κ1) is 50.1. The number of aliphatic hydroxyl groups excluding tert-OH is 2. The average molecular weight is 732 g/mol. The van der Waals surface area contributed by atoms with Crippen molar-refractivity contribution in [3.63, 3.8) is 0 Å². The van der Waals surface area contributed by atoms with E-state index in [-0.39, 0.29) is 24.9 Å². The number of hydrogen-bond acceptors (Lipinski definition) is 5. The summed E-state index contributed by atoms with van der Waals surface area (Å²) in [6, 6.07) is -0.703. The molecule has 0 saturated carbocycles. The quantitative estimate of drug-likeness (QED) is 0.0332. The summed E-state index contributed by atoms with van der Waals surface area (Å²) in [5, 5.41) is 23.5. The third-order valence-electron chi connectivity index (χ3n) is 9.98. The summed E-state index contributed by atoms with van der Waals surface area (Å²) in [6.07, 6.45) is 44.9. The molecular formula is C46H85NO5. The van der Waals surface area contributed by atoms with Crippen molar-refractivity contribution in [2.24, 2.45) is 0 Å². The summed E-state index contributed by atoms with van der Waals surface area (Å²) in [5.41, 5.74) is 0. The Labute approximate surface area is 322 Å². The van der Waals surface area contributed by atoms with E-state index in [4.69, 9.17) is 4.74 Å². The number of nitrogens with one attached hydrogen (secondary N) is 1. The molecule has 0 saturated heterocycles. The van der Waals surface area contributed by atoms with Gasteiger partial charge in [0.2, 0.25) is 5.91 Å². The van der Waals surface area contributed by atoms with E-state index >= 15 is 0 Å². The topological polar surface area (TPSA) is 95.9 Å². The van der Waals surface area contributed by atoms with Crippen LogP contribution >= 0.6 is 0 Å². The number of unbranched alkanes of at least 4 members (excludes halogenated alkanes) is 21. The van der Waals surface area contributed by atoms with Crippen molar-refractivity contribution < 1.29 is 24.5 Å². The van der Waals surface area contributed by atoms with E-state index in [1.807, 2.05) is 0 Å². The molecule has 0 aliphatic carbocycles. The normalized spacial score (nSPS) is 13.7. The zero-order valence-corrected chi connectivity index (χ0v) is 34.4. The molecule has 6 heteroatoms. The fourth-order valence-electron chi connectivity index (χ4n) is 6.62. The Morgan fingerprint density at radius 2 is 1.04 bits per heavy atom. The van der Waals surface area contributed by atoms with Crippen molar-refractivity contribution in [1.82, 2.24) is 5.32 Å². The fourth-order valence-corrected chi connectivity index (χ4v) is 6.62. The Hall–Kier alpha value is -1.92. The van der Waals surface area contributed by atoms with E-state index in [1.165, 1.54) is 83.5 Å². The number of amides is 1. The number of hydrogen-bond donors (Lipinski definition) is 3. The van der Waals surface area contributed by atoms with Crippen molar-refractivity contribution >= 4 is 11.9 Å². The van der Waals surface area contributed by atoms with Gasteiger partial charge in [0, 0.05) is 6.42 Å². The smallest absolute Gasteiger partial charge is 0.306 e. The highest BCUT2D eigenvalue weighted by atomic mass is 16.5. The number of aliphatic hydroxyl groups is 2. The average Bonchev–Trinajstić information content (AvgIpc) is 3.13. The highest BCUT2D eigenvalue weighted by Crippen LogP contribution is 2.17. The molecule has 0 aromatic rings. The molecule has 52 heavy (non-hydrogen) atoms. The third kappa shape index (κ3) is 35.1. The number of rotatable bonds is 39. The molecule has 0 aromatic carbocycles. The molecule has 3 atom stereocenters. The van der Waals surface area contributed by atoms with E-state index in [9.17, 15) is 19.8 Å². The molecule has 0 radical (unpaired) electrons. The molecule has 0 aliphatic rings. The van der Waals surface area contributed by atoms with Crippen LogP contribution in [0.2, 0.25) is 0 Å². The molecule has 1 amide bonds. The second-order valence-corrected chi connectivity index (χ2v) is 15.1. The standard InChI is InChI=1S/C46H85NO5/c1-4-7-10-13-16-19-21-22-23-24-26-28-31-34-37-42(52-46(51)39-36-33-30-27-20-17-14-11-8-5-2)40-45(50)47-43(41-48)44(49)38-35-32-29-25-18-15-12-9-6-3/h7,10,16,19,22-23,42-44,48-49H,4-6,8-9,11-15,17-18,20-21,24-41H2,1-3H3,(H,47,50)/b10-7+,19-16+,23-22+. The molecule has 0 spiro atoms. The lowest BCUT2D eigenvalue weighted by Gasteiger charge is -2.24. The molecule has 0 fully saturated rings. The first-order valence-electron chi connectivity index (χ1n) is 22.2. The molecule has 6 nitrogen and oxygen atoms in total. The van der Waals surface area contributed by atoms with Gasteiger partial charge in [-0.15, -0.1) is 0 Å². The molecule has 0 aromatic heterocycles. The van der Waals surface area contributed by atoms with Crippen LogP contribution < -0.4 is 5.32 Å². The summed E-state index contributed by atoms with van der Waals surface area (Å²) < 4.78 is 5.88. The first-order valence-corrected chi connectivity index (χ1v) is 22.2. The summed E-state index contributed by atoms with van der Waals surface area (Å²) in [5.74, 6) is -0.496. The van der Waals surface area contributed by atoms with Gasteiger partial charge in [0.15, 0.2) is 0 Å². The van der Waals surface area contributed by atoms with Gasteiger partial charge in [-0.1, -0.05) is 186 Å². The highest BCUT2D eigenvalue weighted by Gasteiger charge is 2.24. The molecule has 304 valence electrons. The molecule has 0 heterocycles. The second kappa shape index (κ2) is 40.3. The number of allylic oxidation sites excluding steroid dienone is 6. The minimum Gasteiger partial charge on any atom is -0.462 e. The van der Waals surface area contributed by atoms with Gasteiger partial charge in [0.1, 0.15) is 6.10 Å². The van der Waals surface area contributed by atoms with Gasteiger partial charge in [0.05, 0.1) is 25.2 Å². The number of carbonyl (C=O) groups excluding carboxylic acids is 2. The molecule has 0 aliphatic heterocycles. The lowest BCUT2D eigenvalue weighted by molar-refractivity contribution is -0.151. The Bertz CT molecular complexity index is 869. The Kier molecular flexibility index (Phi) is 38.8. The maximum Gasteiger partial charge on any atom is 0.306 e. The zero-order chi connectivity index (χ0) is 38.2. The zero-order valence-electron chi connectivity index (χ0n) is 34.4. The van der Waals surface area contributed by atoms with Gasteiger partial charge in [-0.25, -0.2) is 0 Å². The van der Waals surface area contributed by atoms with E-state index in [2.05, 4.69) is 62.5 Å². The van der Waals surface area contributed by atoms with Crippen LogP contribution in [0.3, 0.4) is 0 Å². The van der Waals surface area contributed by atoms with Crippen LogP contribution in [0, 0.1) is 0 Å². The molecule has 0 rings (SSSR count). The van der Waals surface area contributed by atoms with Gasteiger partial charge in [-0.3, -0.25) is 9.59 Å². The van der Waals surface area contributed by atoms with Crippen LogP contribution in [0.4, 0.5) is 0 Å². The molecule has 3 unspecified atom stereocenters. The van der Waals surface area contributed by atoms with E-state index < -0.39 is 18.2 Å². The van der Waals surface area contributed by atoms with Crippen molar-refractivity contribution in [3.05, 3.63) is 36.5 Å². The van der Waals surface area contributed by atoms with Crippen LogP contribution in [0.5, 0.6) is 0 Å². The first-order chi connectivity index (χ1) is 25.5. The van der Waals surface area contributed by atoms with Gasteiger partial charge in [-0.05, 0) is 57.8 Å². The van der Waals surface area contributed by atoms with Gasteiger partial charge >= 0.3 is 5.97 Å². The number of carbonyl (C=O) groups is 2. The molecule has 3 N–H and O–H groups in total. The molecular weight excluding hydrogens is 647 g/mol. The van der Waals surface area contributed by atoms with Crippen LogP contribution in [-0.2, 0) is 14.3 Å². The summed E-state index contributed by atoms with van der Waals surface area (Å²) in [4.78, 5) is 25.9. The van der Waals surface area contributed by atoms with Gasteiger partial charge in [0.25, 0.3) is 0 Å². The largest absolute Gasteiger partial charge is 0.462 e. The highest BCUT2D eigenvalue weighted by molar-refractivity contribution is 5.77. The van der Waals surface area contributed by atoms with Crippen molar-refractivity contribution in [2.75, 3.05) is 6.61 Å². The van der Waals surface area contributed by atoms with Gasteiger partial charge < -0.3 is 20.3 Å². The van der Waals surface area contributed by atoms with Gasteiger partial charge in [-0.2, -0.15) is 0 Å². The molecule has 0 bridgehead atoms. The fraction of sp³-hybridized carbons (Fsp3) is 0.826. The number of ether oxygens (including phenoxy) is 1. The summed E-state index contributed by atoms with van der Waals surface area (Å²) in [6.45, 7) is 6.32. The predicted molar refractivity (Wildman–Crippen MR) is 222 cm³/mol. The SMILES string of the molecule is CC/C=C/C/C=C/C/C=C/CCCCCCC(CC(=O)NC(CO)C(O)CCCCCCCCCCC)OC(=O)CCCCCCCCCCCC. The Morgan fingerprint density at radius 1 is 0.577 bits per heavy atom. The Balaban J connectivity index is 4.65. The summed E-state index contributed by atoms with van der Waals surface area (Å²) >= 11 is 0. The minimum absolute atomic E-state index is 0.0650.